The third kappa shape index (κ3) is 8.11. The van der Waals surface area contributed by atoms with Crippen LogP contribution in [0.25, 0.3) is 0 Å². The number of hydrogen-bond donors (Lipinski definition) is 1. The van der Waals surface area contributed by atoms with Crippen molar-refractivity contribution in [3.05, 3.63) is 58.1 Å². The lowest BCUT2D eigenvalue weighted by molar-refractivity contribution is -0.0621. The van der Waals surface area contributed by atoms with Gasteiger partial charge in [-0.05, 0) is 102 Å². The second-order valence-corrected chi connectivity index (χ2v) is 11.0. The van der Waals surface area contributed by atoms with E-state index >= 15 is 0 Å². The minimum Gasteiger partial charge on any atom is -0.492 e. The van der Waals surface area contributed by atoms with Crippen LogP contribution in [0, 0.1) is 13.8 Å². The number of hydrogen-bond acceptors (Lipinski definition) is 5. The minimum absolute atomic E-state index is 0.278. The van der Waals surface area contributed by atoms with Gasteiger partial charge in [0.15, 0.2) is 0 Å². The monoisotopic (exact) mass is 502 g/mol. The fourth-order valence-electron chi connectivity index (χ4n) is 5.00. The first kappa shape index (κ1) is 27.8. The SMILES string of the molecule is Cc1cc(OC[C@@]2(O)CCCN(Cc3ccc(OCCN(C(C)C)C(C)C)cc3)C2)cc(C)c1Cl. The molecule has 0 aromatic heterocycles. The normalized spacial score (nSPS) is 19.1. The summed E-state index contributed by atoms with van der Waals surface area (Å²) >= 11 is 6.27. The van der Waals surface area contributed by atoms with Gasteiger partial charge in [-0.2, -0.15) is 0 Å². The number of aliphatic hydroxyl groups is 1. The van der Waals surface area contributed by atoms with Crippen LogP contribution in [0.3, 0.4) is 0 Å². The van der Waals surface area contributed by atoms with E-state index < -0.39 is 5.60 Å². The lowest BCUT2D eigenvalue weighted by atomic mass is 9.93. The van der Waals surface area contributed by atoms with Crippen LogP contribution in [0.1, 0.15) is 57.2 Å². The number of likely N-dealkylation sites (tertiary alicyclic amines) is 1. The Hall–Kier alpha value is -1.79. The third-order valence-corrected chi connectivity index (χ3v) is 7.42. The molecule has 0 saturated carbocycles. The third-order valence-electron chi connectivity index (χ3n) is 6.83. The van der Waals surface area contributed by atoms with Crippen LogP contribution in [0.2, 0.25) is 5.02 Å². The molecule has 0 aliphatic carbocycles. The Labute approximate surface area is 217 Å². The Morgan fingerprint density at radius 2 is 1.63 bits per heavy atom. The zero-order valence-corrected chi connectivity index (χ0v) is 23.1. The summed E-state index contributed by atoms with van der Waals surface area (Å²) in [5, 5.41) is 12.0. The van der Waals surface area contributed by atoms with Crippen molar-refractivity contribution in [1.29, 1.82) is 0 Å². The number of β-amino-alcohol motifs (C(OH)–C–C–N with tert-alkyl or cyclic N) is 1. The summed E-state index contributed by atoms with van der Waals surface area (Å²) in [6, 6.07) is 13.2. The molecule has 6 heteroatoms. The lowest BCUT2D eigenvalue weighted by Crippen LogP contribution is -2.51. The Morgan fingerprint density at radius 3 is 2.23 bits per heavy atom. The van der Waals surface area contributed by atoms with E-state index in [0.29, 0.717) is 25.2 Å². The Balaban J connectivity index is 1.49. The molecule has 1 heterocycles. The summed E-state index contributed by atoms with van der Waals surface area (Å²) in [6.07, 6.45) is 1.69. The van der Waals surface area contributed by atoms with Crippen LogP contribution in [0.15, 0.2) is 36.4 Å². The Morgan fingerprint density at radius 1 is 1.00 bits per heavy atom. The standard InChI is InChI=1S/C29H43ClN2O3/c1-21(2)32(22(3)4)14-15-34-26-10-8-25(9-11-26)18-31-13-7-12-29(33,19-31)20-35-27-16-23(5)28(30)24(6)17-27/h8-11,16-17,21-22,33H,7,12-15,18-20H2,1-6H3/t29-/m1/s1. The molecule has 1 fully saturated rings. The summed E-state index contributed by atoms with van der Waals surface area (Å²) < 4.78 is 12.0. The predicted octanol–water partition coefficient (Wildman–Crippen LogP) is 5.86. The van der Waals surface area contributed by atoms with Gasteiger partial charge in [0, 0.05) is 36.7 Å². The van der Waals surface area contributed by atoms with Crippen LogP contribution in [0.4, 0.5) is 0 Å². The smallest absolute Gasteiger partial charge is 0.120 e. The fourth-order valence-corrected chi connectivity index (χ4v) is 5.11. The molecule has 0 unspecified atom stereocenters. The zero-order valence-electron chi connectivity index (χ0n) is 22.3. The molecule has 1 aliphatic rings. The Bertz CT molecular complexity index is 916. The van der Waals surface area contributed by atoms with E-state index in [1.54, 1.807) is 0 Å². The average molecular weight is 503 g/mol. The van der Waals surface area contributed by atoms with Crippen molar-refractivity contribution in [2.45, 2.75) is 78.6 Å². The largest absolute Gasteiger partial charge is 0.492 e. The number of rotatable bonds is 11. The number of halogens is 1. The Kier molecular flexibility index (Phi) is 9.88. The van der Waals surface area contributed by atoms with Gasteiger partial charge in [-0.15, -0.1) is 0 Å². The molecule has 0 bridgehead atoms. The van der Waals surface area contributed by atoms with Gasteiger partial charge in [-0.1, -0.05) is 23.7 Å². The van der Waals surface area contributed by atoms with Gasteiger partial charge in [0.25, 0.3) is 0 Å². The maximum atomic E-state index is 11.2. The molecule has 1 atom stereocenters. The molecule has 0 amide bonds. The number of ether oxygens (including phenoxy) is 2. The topological polar surface area (TPSA) is 45.2 Å². The summed E-state index contributed by atoms with van der Waals surface area (Å²) in [4.78, 5) is 4.75. The molecule has 0 spiro atoms. The highest BCUT2D eigenvalue weighted by Crippen LogP contribution is 2.28. The van der Waals surface area contributed by atoms with Crippen molar-refractivity contribution < 1.29 is 14.6 Å². The molecule has 1 aliphatic heterocycles. The van der Waals surface area contributed by atoms with Gasteiger partial charge < -0.3 is 14.6 Å². The van der Waals surface area contributed by atoms with E-state index in [0.717, 1.165) is 60.1 Å². The van der Waals surface area contributed by atoms with E-state index in [1.165, 1.54) is 5.56 Å². The average Bonchev–Trinajstić information content (AvgIpc) is 2.79. The maximum Gasteiger partial charge on any atom is 0.120 e. The van der Waals surface area contributed by atoms with Crippen molar-refractivity contribution in [3.8, 4) is 11.5 Å². The number of nitrogens with zero attached hydrogens (tertiary/aromatic N) is 2. The molecular formula is C29H43ClN2O3. The van der Waals surface area contributed by atoms with E-state index in [9.17, 15) is 5.11 Å². The number of piperidine rings is 1. The second kappa shape index (κ2) is 12.4. The molecule has 3 rings (SSSR count). The lowest BCUT2D eigenvalue weighted by Gasteiger charge is -2.39. The zero-order chi connectivity index (χ0) is 25.6. The van der Waals surface area contributed by atoms with Crippen molar-refractivity contribution >= 4 is 11.6 Å². The first-order valence-corrected chi connectivity index (χ1v) is 13.3. The molecule has 194 valence electrons. The fraction of sp³-hybridized carbons (Fsp3) is 0.586. The van der Waals surface area contributed by atoms with E-state index in [1.807, 2.05) is 26.0 Å². The number of benzene rings is 2. The summed E-state index contributed by atoms with van der Waals surface area (Å²) in [6.45, 7) is 17.1. The predicted molar refractivity (Wildman–Crippen MR) is 145 cm³/mol. The molecular weight excluding hydrogens is 460 g/mol. The first-order valence-electron chi connectivity index (χ1n) is 12.9. The van der Waals surface area contributed by atoms with Gasteiger partial charge >= 0.3 is 0 Å². The number of aryl methyl sites for hydroxylation is 2. The highest BCUT2D eigenvalue weighted by atomic mass is 35.5. The molecule has 1 saturated heterocycles. The molecule has 0 radical (unpaired) electrons. The van der Waals surface area contributed by atoms with Crippen molar-refractivity contribution in [2.24, 2.45) is 0 Å². The van der Waals surface area contributed by atoms with Crippen molar-refractivity contribution in [3.63, 3.8) is 0 Å². The minimum atomic E-state index is -0.860. The van der Waals surface area contributed by atoms with E-state index in [4.69, 9.17) is 21.1 Å². The highest BCUT2D eigenvalue weighted by molar-refractivity contribution is 6.32. The van der Waals surface area contributed by atoms with Gasteiger partial charge in [0.2, 0.25) is 0 Å². The molecule has 1 N–H and O–H groups in total. The maximum absolute atomic E-state index is 11.2. The quantitative estimate of drug-likeness (QED) is 0.417. The summed E-state index contributed by atoms with van der Waals surface area (Å²) in [5.41, 5.74) is 2.34. The second-order valence-electron chi connectivity index (χ2n) is 10.6. The molecule has 35 heavy (non-hydrogen) atoms. The highest BCUT2D eigenvalue weighted by Gasteiger charge is 2.34. The van der Waals surface area contributed by atoms with Crippen LogP contribution >= 0.6 is 11.6 Å². The van der Waals surface area contributed by atoms with E-state index in [-0.39, 0.29) is 6.61 Å². The molecule has 5 nitrogen and oxygen atoms in total. The van der Waals surface area contributed by atoms with E-state index in [2.05, 4.69) is 61.8 Å². The van der Waals surface area contributed by atoms with Crippen LogP contribution in [-0.2, 0) is 6.54 Å². The first-order chi connectivity index (χ1) is 16.6. The molecule has 2 aromatic carbocycles. The van der Waals surface area contributed by atoms with Crippen LogP contribution in [0.5, 0.6) is 11.5 Å². The van der Waals surface area contributed by atoms with Gasteiger partial charge in [0.05, 0.1) is 0 Å². The van der Waals surface area contributed by atoms with Crippen LogP contribution < -0.4 is 9.47 Å². The summed E-state index contributed by atoms with van der Waals surface area (Å²) in [5.74, 6) is 1.66. The van der Waals surface area contributed by atoms with Gasteiger partial charge in [0.1, 0.15) is 30.3 Å². The van der Waals surface area contributed by atoms with Crippen molar-refractivity contribution in [1.82, 2.24) is 9.80 Å². The molecule has 2 aromatic rings. The van der Waals surface area contributed by atoms with Crippen molar-refractivity contribution in [2.75, 3.05) is 32.8 Å². The van der Waals surface area contributed by atoms with Gasteiger partial charge in [-0.25, -0.2) is 0 Å². The van der Waals surface area contributed by atoms with Gasteiger partial charge in [-0.3, -0.25) is 9.80 Å². The summed E-state index contributed by atoms with van der Waals surface area (Å²) in [7, 11) is 0. The van der Waals surface area contributed by atoms with Crippen LogP contribution in [-0.4, -0.2) is 65.4 Å².